The monoisotopic (exact) mass is 383 g/mol. The molecule has 0 N–H and O–H groups in total. The second kappa shape index (κ2) is 6.19. The Kier molecular flexibility index (Phi) is 4.02. The number of methoxy groups -OCH3 is 2. The molecule has 0 radical (unpaired) electrons. The van der Waals surface area contributed by atoms with E-state index in [9.17, 15) is 14.4 Å². The molecule has 2 atom stereocenters. The summed E-state index contributed by atoms with van der Waals surface area (Å²) < 4.78 is 9.89. The SMILES string of the molecule is COC(=O)C1=C(C(=O)OC)[C@@H]2N(C)c3ccccc3[C@@]23CCN(C(C)=O)C3=N1. The number of amides is 1. The van der Waals surface area contributed by atoms with E-state index >= 15 is 0 Å². The molecule has 3 heterocycles. The Morgan fingerprint density at radius 1 is 1.14 bits per heavy atom. The number of para-hydroxylation sites is 1. The molecule has 0 aromatic heterocycles. The molecule has 3 aliphatic rings. The van der Waals surface area contributed by atoms with Gasteiger partial charge in [0.2, 0.25) is 5.91 Å². The van der Waals surface area contributed by atoms with E-state index < -0.39 is 23.4 Å². The number of fused-ring (bicyclic) bond motifs is 1. The lowest BCUT2D eigenvalue weighted by atomic mass is 9.70. The number of likely N-dealkylation sites (N-methyl/N-ethyl adjacent to an activating group) is 1. The number of nitrogens with zero attached hydrogens (tertiary/aromatic N) is 3. The van der Waals surface area contributed by atoms with Gasteiger partial charge in [-0.2, -0.15) is 0 Å². The molecule has 146 valence electrons. The highest BCUT2D eigenvalue weighted by Gasteiger charge is 2.63. The van der Waals surface area contributed by atoms with E-state index in [4.69, 9.17) is 9.47 Å². The van der Waals surface area contributed by atoms with Crippen molar-refractivity contribution in [2.45, 2.75) is 24.8 Å². The lowest BCUT2D eigenvalue weighted by molar-refractivity contribution is -0.139. The van der Waals surface area contributed by atoms with Crippen molar-refractivity contribution in [3.63, 3.8) is 0 Å². The van der Waals surface area contributed by atoms with Gasteiger partial charge in [-0.25, -0.2) is 14.6 Å². The van der Waals surface area contributed by atoms with Crippen LogP contribution in [0.2, 0.25) is 0 Å². The summed E-state index contributed by atoms with van der Waals surface area (Å²) >= 11 is 0. The molecule has 1 saturated heterocycles. The van der Waals surface area contributed by atoms with Crippen LogP contribution in [0.4, 0.5) is 5.69 Å². The summed E-state index contributed by atoms with van der Waals surface area (Å²) in [6, 6.07) is 7.27. The molecule has 1 amide bonds. The lowest BCUT2D eigenvalue weighted by Crippen LogP contribution is -2.54. The maximum Gasteiger partial charge on any atom is 0.357 e. The molecule has 0 unspecified atom stereocenters. The summed E-state index contributed by atoms with van der Waals surface area (Å²) in [5.74, 6) is -1.04. The predicted molar refractivity (Wildman–Crippen MR) is 101 cm³/mol. The minimum absolute atomic E-state index is 0.113. The van der Waals surface area contributed by atoms with Crippen LogP contribution in [0.1, 0.15) is 18.9 Å². The fraction of sp³-hybridized carbons (Fsp3) is 0.400. The molecule has 3 aliphatic heterocycles. The summed E-state index contributed by atoms with van der Waals surface area (Å²) in [6.45, 7) is 1.92. The van der Waals surface area contributed by atoms with Crippen LogP contribution in [-0.2, 0) is 29.3 Å². The Hall–Kier alpha value is -3.16. The van der Waals surface area contributed by atoms with E-state index in [1.54, 1.807) is 4.90 Å². The molecule has 28 heavy (non-hydrogen) atoms. The number of esters is 2. The maximum absolute atomic E-state index is 12.8. The molecule has 1 fully saturated rings. The number of amidine groups is 1. The van der Waals surface area contributed by atoms with Crippen molar-refractivity contribution in [1.82, 2.24) is 4.90 Å². The van der Waals surface area contributed by atoms with Crippen LogP contribution in [-0.4, -0.2) is 62.4 Å². The van der Waals surface area contributed by atoms with Crippen LogP contribution in [0.15, 0.2) is 40.5 Å². The smallest absolute Gasteiger partial charge is 0.357 e. The van der Waals surface area contributed by atoms with Gasteiger partial charge < -0.3 is 14.4 Å². The van der Waals surface area contributed by atoms with Gasteiger partial charge in [-0.05, 0) is 18.1 Å². The molecule has 0 saturated carbocycles. The highest BCUT2D eigenvalue weighted by molar-refractivity contribution is 6.15. The Morgan fingerprint density at radius 2 is 1.82 bits per heavy atom. The highest BCUT2D eigenvalue weighted by Crippen LogP contribution is 2.55. The Balaban J connectivity index is 2.07. The molecule has 8 heteroatoms. The van der Waals surface area contributed by atoms with E-state index in [0.29, 0.717) is 18.8 Å². The van der Waals surface area contributed by atoms with Crippen LogP contribution in [0.5, 0.6) is 0 Å². The third-order valence-electron chi connectivity index (χ3n) is 5.91. The summed E-state index contributed by atoms with van der Waals surface area (Å²) in [5, 5.41) is 0. The highest BCUT2D eigenvalue weighted by atomic mass is 16.5. The van der Waals surface area contributed by atoms with Gasteiger partial charge in [0.25, 0.3) is 0 Å². The van der Waals surface area contributed by atoms with Crippen molar-refractivity contribution >= 4 is 29.4 Å². The fourth-order valence-corrected chi connectivity index (χ4v) is 4.81. The first-order chi connectivity index (χ1) is 13.4. The molecule has 1 spiro atoms. The van der Waals surface area contributed by atoms with Gasteiger partial charge in [-0.3, -0.25) is 9.69 Å². The summed E-state index contributed by atoms with van der Waals surface area (Å²) in [5.41, 5.74) is 1.24. The lowest BCUT2D eigenvalue weighted by Gasteiger charge is -2.39. The van der Waals surface area contributed by atoms with Crippen LogP contribution in [0, 0.1) is 0 Å². The van der Waals surface area contributed by atoms with Crippen LogP contribution in [0.25, 0.3) is 0 Å². The predicted octanol–water partition coefficient (Wildman–Crippen LogP) is 1.01. The van der Waals surface area contributed by atoms with E-state index in [2.05, 4.69) is 4.99 Å². The normalized spacial score (nSPS) is 25.0. The Labute approximate surface area is 162 Å². The second-order valence-corrected chi connectivity index (χ2v) is 7.10. The van der Waals surface area contributed by atoms with Gasteiger partial charge in [-0.15, -0.1) is 0 Å². The summed E-state index contributed by atoms with van der Waals surface area (Å²) in [7, 11) is 4.38. The maximum atomic E-state index is 12.8. The van der Waals surface area contributed by atoms with Crippen molar-refractivity contribution < 1.29 is 23.9 Å². The molecule has 0 aliphatic carbocycles. The third-order valence-corrected chi connectivity index (χ3v) is 5.91. The van der Waals surface area contributed by atoms with Crippen LogP contribution < -0.4 is 4.90 Å². The van der Waals surface area contributed by atoms with Crippen molar-refractivity contribution in [3.05, 3.63) is 41.1 Å². The van der Waals surface area contributed by atoms with Gasteiger partial charge in [-0.1, -0.05) is 18.2 Å². The topological polar surface area (TPSA) is 88.5 Å². The van der Waals surface area contributed by atoms with E-state index in [-0.39, 0.29) is 17.2 Å². The van der Waals surface area contributed by atoms with E-state index in [1.807, 2.05) is 36.2 Å². The van der Waals surface area contributed by atoms with Crippen molar-refractivity contribution in [3.8, 4) is 0 Å². The Bertz CT molecular complexity index is 966. The molecule has 1 aromatic rings. The van der Waals surface area contributed by atoms with Crippen molar-refractivity contribution in [2.24, 2.45) is 4.99 Å². The van der Waals surface area contributed by atoms with Crippen molar-refractivity contribution in [1.29, 1.82) is 0 Å². The zero-order valence-corrected chi connectivity index (χ0v) is 16.2. The van der Waals surface area contributed by atoms with Gasteiger partial charge in [0.1, 0.15) is 5.84 Å². The first kappa shape index (κ1) is 18.2. The molecule has 8 nitrogen and oxygen atoms in total. The minimum Gasteiger partial charge on any atom is -0.466 e. The largest absolute Gasteiger partial charge is 0.466 e. The van der Waals surface area contributed by atoms with Crippen LogP contribution >= 0.6 is 0 Å². The molecule has 4 rings (SSSR count). The van der Waals surface area contributed by atoms with Gasteiger partial charge in [0.05, 0.1) is 31.2 Å². The van der Waals surface area contributed by atoms with Crippen LogP contribution in [0.3, 0.4) is 0 Å². The first-order valence-electron chi connectivity index (χ1n) is 8.99. The fourth-order valence-electron chi connectivity index (χ4n) is 4.81. The zero-order chi connectivity index (χ0) is 20.2. The number of hydrogen-bond donors (Lipinski definition) is 0. The zero-order valence-electron chi connectivity index (χ0n) is 16.2. The number of ether oxygens (including phenoxy) is 2. The number of carbonyl (C=O) groups excluding carboxylic acids is 3. The Morgan fingerprint density at radius 3 is 2.46 bits per heavy atom. The number of carbonyl (C=O) groups is 3. The minimum atomic E-state index is -0.735. The van der Waals surface area contributed by atoms with Crippen molar-refractivity contribution in [2.75, 3.05) is 32.7 Å². The molecular formula is C20H21N3O5. The summed E-state index contributed by atoms with van der Waals surface area (Å²) in [6.07, 6.45) is 0.590. The van der Waals surface area contributed by atoms with Gasteiger partial charge >= 0.3 is 11.9 Å². The standard InChI is InChI=1S/C20H21N3O5/c1-11(24)23-10-9-20-12-7-5-6-8-13(12)22(2)16(20)14(17(25)27-3)15(18(26)28-4)21-19(20)23/h5-8,16H,9-10H2,1-4H3/t16-,20-/m0/s1. The molecular weight excluding hydrogens is 362 g/mol. The average Bonchev–Trinajstić information content (AvgIpc) is 3.21. The first-order valence-corrected chi connectivity index (χ1v) is 8.99. The number of likely N-dealkylation sites (tertiary alicyclic amines) is 1. The third kappa shape index (κ3) is 2.11. The number of rotatable bonds is 2. The number of anilines is 1. The molecule has 1 aromatic carbocycles. The van der Waals surface area contributed by atoms with Gasteiger partial charge in [0, 0.05) is 26.2 Å². The average molecular weight is 383 g/mol. The number of benzene rings is 1. The van der Waals surface area contributed by atoms with E-state index in [0.717, 1.165) is 11.3 Å². The second-order valence-electron chi connectivity index (χ2n) is 7.10. The number of aliphatic imine (C=N–C) groups is 1. The summed E-state index contributed by atoms with van der Waals surface area (Å²) in [4.78, 5) is 45.7. The number of hydrogen-bond acceptors (Lipinski definition) is 7. The van der Waals surface area contributed by atoms with E-state index in [1.165, 1.54) is 21.1 Å². The molecule has 0 bridgehead atoms. The van der Waals surface area contributed by atoms with Gasteiger partial charge in [0.15, 0.2) is 5.70 Å². The quantitative estimate of drug-likeness (QED) is 0.708.